The minimum Gasteiger partial charge on any atom is -0.369 e. The molecule has 0 saturated carbocycles. The monoisotopic (exact) mass is 375 g/mol. The van der Waals surface area contributed by atoms with Gasteiger partial charge >= 0.3 is 6.18 Å². The molecule has 0 bridgehead atoms. The lowest BCUT2D eigenvalue weighted by Crippen LogP contribution is -2.26. The minimum absolute atomic E-state index is 0.227. The van der Waals surface area contributed by atoms with Crippen LogP contribution in [0.1, 0.15) is 17.9 Å². The van der Waals surface area contributed by atoms with E-state index in [2.05, 4.69) is 36.2 Å². The van der Waals surface area contributed by atoms with Gasteiger partial charge in [0.05, 0.1) is 4.47 Å². The maximum Gasteiger partial charge on any atom is 0.434 e. The van der Waals surface area contributed by atoms with Crippen molar-refractivity contribution in [3.63, 3.8) is 0 Å². The van der Waals surface area contributed by atoms with Gasteiger partial charge in [-0.1, -0.05) is 0 Å². The second-order valence-electron chi connectivity index (χ2n) is 5.20. The summed E-state index contributed by atoms with van der Waals surface area (Å²) in [7, 11) is 0. The fraction of sp³-hybridized carbons (Fsp3) is 0.462. The number of aromatic nitrogens is 4. The molecule has 118 valence electrons. The summed E-state index contributed by atoms with van der Waals surface area (Å²) in [5.74, 6) is 1.42. The predicted octanol–water partition coefficient (Wildman–Crippen LogP) is 3.13. The van der Waals surface area contributed by atoms with Gasteiger partial charge in [-0.3, -0.25) is 0 Å². The molecule has 0 amide bonds. The van der Waals surface area contributed by atoms with Crippen LogP contribution >= 0.6 is 15.9 Å². The van der Waals surface area contributed by atoms with Crippen molar-refractivity contribution in [3.8, 4) is 0 Å². The summed E-state index contributed by atoms with van der Waals surface area (Å²) >= 11 is 3.34. The van der Waals surface area contributed by atoms with Gasteiger partial charge in [-0.05, 0) is 28.3 Å². The summed E-state index contributed by atoms with van der Waals surface area (Å²) in [4.78, 5) is 11.7. The van der Waals surface area contributed by atoms with Gasteiger partial charge in [0.1, 0.15) is 18.0 Å². The van der Waals surface area contributed by atoms with E-state index in [0.717, 1.165) is 17.1 Å². The third kappa shape index (κ3) is 3.23. The predicted molar refractivity (Wildman–Crippen MR) is 77.3 cm³/mol. The standard InChI is InChI=1S/C13H13BrF3N5/c14-9-4-18-7-20-12(9)19-3-8-1-2-11-21-10(13(15,16)17)6-22(11)5-8/h4,6-8H,1-3,5H2,(H,18,19,20)/t8-/m0/s1. The van der Waals surface area contributed by atoms with E-state index in [0.29, 0.717) is 31.2 Å². The van der Waals surface area contributed by atoms with E-state index in [1.165, 1.54) is 6.33 Å². The first-order valence-electron chi connectivity index (χ1n) is 6.76. The summed E-state index contributed by atoms with van der Waals surface area (Å²) in [5, 5.41) is 3.20. The van der Waals surface area contributed by atoms with Gasteiger partial charge in [-0.2, -0.15) is 13.2 Å². The number of hydrogen-bond donors (Lipinski definition) is 1. The first-order chi connectivity index (χ1) is 10.4. The van der Waals surface area contributed by atoms with Gasteiger partial charge in [-0.25, -0.2) is 15.0 Å². The molecular weight excluding hydrogens is 363 g/mol. The fourth-order valence-electron chi connectivity index (χ4n) is 2.50. The van der Waals surface area contributed by atoms with Crippen molar-refractivity contribution in [1.29, 1.82) is 0 Å². The van der Waals surface area contributed by atoms with Crippen LogP contribution in [-0.4, -0.2) is 26.1 Å². The van der Waals surface area contributed by atoms with Gasteiger partial charge in [0.15, 0.2) is 5.69 Å². The lowest BCUT2D eigenvalue weighted by atomic mass is 9.99. The largest absolute Gasteiger partial charge is 0.434 e. The van der Waals surface area contributed by atoms with Crippen molar-refractivity contribution in [3.05, 3.63) is 34.7 Å². The number of nitrogens with zero attached hydrogens (tertiary/aromatic N) is 4. The molecule has 5 nitrogen and oxygen atoms in total. The van der Waals surface area contributed by atoms with Crippen LogP contribution in [-0.2, 0) is 19.1 Å². The lowest BCUT2D eigenvalue weighted by Gasteiger charge is -2.24. The molecule has 0 aromatic carbocycles. The number of rotatable bonds is 3. The second-order valence-corrected chi connectivity index (χ2v) is 6.05. The molecule has 0 aliphatic carbocycles. The highest BCUT2D eigenvalue weighted by Crippen LogP contribution is 2.30. The van der Waals surface area contributed by atoms with E-state index in [-0.39, 0.29) is 5.92 Å². The molecule has 0 fully saturated rings. The topological polar surface area (TPSA) is 55.6 Å². The Labute approximate surface area is 133 Å². The Morgan fingerprint density at radius 2 is 2.23 bits per heavy atom. The van der Waals surface area contributed by atoms with E-state index >= 15 is 0 Å². The van der Waals surface area contributed by atoms with E-state index < -0.39 is 11.9 Å². The number of halogens is 4. The second kappa shape index (κ2) is 5.86. The Kier molecular flexibility index (Phi) is 4.07. The van der Waals surface area contributed by atoms with Crippen LogP contribution in [0.4, 0.5) is 19.0 Å². The molecule has 0 unspecified atom stereocenters. The van der Waals surface area contributed by atoms with Gasteiger partial charge in [0.2, 0.25) is 0 Å². The van der Waals surface area contributed by atoms with E-state index in [4.69, 9.17) is 0 Å². The van der Waals surface area contributed by atoms with Gasteiger partial charge in [-0.15, -0.1) is 0 Å². The smallest absolute Gasteiger partial charge is 0.369 e. The molecule has 1 atom stereocenters. The summed E-state index contributed by atoms with van der Waals surface area (Å²) in [6.45, 7) is 1.16. The molecule has 2 aromatic rings. The SMILES string of the molecule is FC(F)(F)c1cn2c(n1)CC[C@@H](CNc1ncncc1Br)C2. The minimum atomic E-state index is -4.39. The molecule has 9 heteroatoms. The zero-order valence-electron chi connectivity index (χ0n) is 11.4. The molecule has 2 aromatic heterocycles. The first kappa shape index (κ1) is 15.3. The number of imidazole rings is 1. The molecule has 1 N–H and O–H groups in total. The molecular formula is C13H13BrF3N5. The Balaban J connectivity index is 1.65. The molecule has 1 aliphatic rings. The van der Waals surface area contributed by atoms with Crippen molar-refractivity contribution < 1.29 is 13.2 Å². The quantitative estimate of drug-likeness (QED) is 0.895. The van der Waals surface area contributed by atoms with E-state index in [1.807, 2.05) is 0 Å². The maximum absolute atomic E-state index is 12.7. The van der Waals surface area contributed by atoms with Crippen LogP contribution in [0.3, 0.4) is 0 Å². The maximum atomic E-state index is 12.7. The lowest BCUT2D eigenvalue weighted by molar-refractivity contribution is -0.141. The summed E-state index contributed by atoms with van der Waals surface area (Å²) < 4.78 is 40.4. The Hall–Kier alpha value is -1.64. The number of hydrogen-bond acceptors (Lipinski definition) is 4. The van der Waals surface area contributed by atoms with Crippen LogP contribution in [0.25, 0.3) is 0 Å². The molecule has 3 rings (SSSR count). The van der Waals surface area contributed by atoms with Gasteiger partial charge < -0.3 is 9.88 Å². The molecule has 0 spiro atoms. The highest BCUT2D eigenvalue weighted by Gasteiger charge is 2.35. The zero-order chi connectivity index (χ0) is 15.7. The van der Waals surface area contributed by atoms with Crippen LogP contribution in [0.5, 0.6) is 0 Å². The van der Waals surface area contributed by atoms with Crippen molar-refractivity contribution >= 4 is 21.7 Å². The van der Waals surface area contributed by atoms with Gasteiger partial charge in [0, 0.05) is 31.9 Å². The zero-order valence-corrected chi connectivity index (χ0v) is 13.0. The van der Waals surface area contributed by atoms with Crippen molar-refractivity contribution in [2.45, 2.75) is 25.6 Å². The molecule has 1 aliphatic heterocycles. The normalized spacial score (nSPS) is 18.1. The third-order valence-corrected chi connectivity index (χ3v) is 4.19. The van der Waals surface area contributed by atoms with Crippen LogP contribution in [0, 0.1) is 5.92 Å². The Morgan fingerprint density at radius 1 is 1.41 bits per heavy atom. The average molecular weight is 376 g/mol. The third-order valence-electron chi connectivity index (χ3n) is 3.61. The Bertz CT molecular complexity index is 670. The van der Waals surface area contributed by atoms with Crippen molar-refractivity contribution in [2.75, 3.05) is 11.9 Å². The molecule has 0 saturated heterocycles. The molecule has 3 heterocycles. The van der Waals surface area contributed by atoms with E-state index in [9.17, 15) is 13.2 Å². The summed E-state index contributed by atoms with van der Waals surface area (Å²) in [6, 6.07) is 0. The number of fused-ring (bicyclic) bond motifs is 1. The number of alkyl halides is 3. The van der Waals surface area contributed by atoms with Crippen molar-refractivity contribution in [2.24, 2.45) is 5.92 Å². The van der Waals surface area contributed by atoms with Crippen molar-refractivity contribution in [1.82, 2.24) is 19.5 Å². The number of aryl methyl sites for hydroxylation is 1. The van der Waals surface area contributed by atoms with Gasteiger partial charge in [0.25, 0.3) is 0 Å². The number of anilines is 1. The van der Waals surface area contributed by atoms with Crippen LogP contribution in [0.15, 0.2) is 23.2 Å². The average Bonchev–Trinajstić information content (AvgIpc) is 2.90. The number of nitrogens with one attached hydrogen (secondary N) is 1. The fourth-order valence-corrected chi connectivity index (χ4v) is 2.86. The van der Waals surface area contributed by atoms with E-state index in [1.54, 1.807) is 10.8 Å². The highest BCUT2D eigenvalue weighted by molar-refractivity contribution is 9.10. The first-order valence-corrected chi connectivity index (χ1v) is 7.55. The highest BCUT2D eigenvalue weighted by atomic mass is 79.9. The summed E-state index contributed by atoms with van der Waals surface area (Å²) in [5.41, 5.74) is -0.811. The Morgan fingerprint density at radius 3 is 2.95 bits per heavy atom. The van der Waals surface area contributed by atoms with Crippen LogP contribution < -0.4 is 5.32 Å². The molecule has 0 radical (unpaired) electrons. The summed E-state index contributed by atoms with van der Waals surface area (Å²) in [6.07, 6.45) is 1.14. The molecule has 22 heavy (non-hydrogen) atoms. The van der Waals surface area contributed by atoms with Crippen LogP contribution in [0.2, 0.25) is 0 Å².